The second kappa shape index (κ2) is 6.71. The highest BCUT2D eigenvalue weighted by molar-refractivity contribution is 7.99. The molecule has 7 heteroatoms. The van der Waals surface area contributed by atoms with Crippen molar-refractivity contribution in [2.45, 2.75) is 36.8 Å². The minimum Gasteiger partial charge on any atom is -0.414 e. The molecule has 1 saturated heterocycles. The molecule has 1 atom stereocenters. The SMILES string of the molecule is CC(Sc1nnc(CN2CCCC2=O)o1)c1ccccc1Cl. The van der Waals surface area contributed by atoms with E-state index in [-0.39, 0.29) is 11.2 Å². The van der Waals surface area contributed by atoms with Gasteiger partial charge in [0.25, 0.3) is 5.22 Å². The summed E-state index contributed by atoms with van der Waals surface area (Å²) in [6.07, 6.45) is 1.51. The molecule has 22 heavy (non-hydrogen) atoms. The van der Waals surface area contributed by atoms with Gasteiger partial charge in [0.1, 0.15) is 0 Å². The van der Waals surface area contributed by atoms with Gasteiger partial charge >= 0.3 is 0 Å². The van der Waals surface area contributed by atoms with Crippen LogP contribution in [0.2, 0.25) is 5.02 Å². The van der Waals surface area contributed by atoms with Crippen molar-refractivity contribution in [1.29, 1.82) is 0 Å². The number of carbonyl (C=O) groups excluding carboxylic acids is 1. The summed E-state index contributed by atoms with van der Waals surface area (Å²) in [6.45, 7) is 3.20. The molecule has 0 spiro atoms. The van der Waals surface area contributed by atoms with Crippen LogP contribution in [0.25, 0.3) is 0 Å². The molecule has 1 amide bonds. The number of nitrogens with zero attached hydrogens (tertiary/aromatic N) is 3. The van der Waals surface area contributed by atoms with Crippen molar-refractivity contribution in [2.24, 2.45) is 0 Å². The van der Waals surface area contributed by atoms with E-state index in [1.165, 1.54) is 11.8 Å². The molecule has 0 N–H and O–H groups in total. The molecule has 0 bridgehead atoms. The molecule has 1 aliphatic heterocycles. The van der Waals surface area contributed by atoms with E-state index in [2.05, 4.69) is 10.2 Å². The fourth-order valence-corrected chi connectivity index (χ4v) is 3.63. The minimum atomic E-state index is 0.107. The van der Waals surface area contributed by atoms with Crippen LogP contribution < -0.4 is 0 Å². The van der Waals surface area contributed by atoms with Crippen LogP contribution in [0.15, 0.2) is 33.9 Å². The number of hydrogen-bond donors (Lipinski definition) is 0. The number of aromatic nitrogens is 2. The topological polar surface area (TPSA) is 59.2 Å². The number of amides is 1. The molecular formula is C15H16ClN3O2S. The fourth-order valence-electron chi connectivity index (χ4n) is 2.40. The second-order valence-corrected chi connectivity index (χ2v) is 6.86. The number of halogens is 1. The lowest BCUT2D eigenvalue weighted by atomic mass is 10.2. The summed E-state index contributed by atoms with van der Waals surface area (Å²) in [5.74, 6) is 0.626. The molecule has 0 radical (unpaired) electrons. The number of benzene rings is 1. The second-order valence-electron chi connectivity index (χ2n) is 5.16. The quantitative estimate of drug-likeness (QED) is 0.778. The summed E-state index contributed by atoms with van der Waals surface area (Å²) in [4.78, 5) is 13.4. The average Bonchev–Trinajstić information content (AvgIpc) is 3.10. The Morgan fingerprint density at radius 3 is 2.95 bits per heavy atom. The third-order valence-electron chi connectivity index (χ3n) is 3.57. The van der Waals surface area contributed by atoms with E-state index < -0.39 is 0 Å². The molecule has 2 aromatic rings. The lowest BCUT2D eigenvalue weighted by molar-refractivity contribution is -0.128. The first kappa shape index (κ1) is 15.4. The maximum Gasteiger partial charge on any atom is 0.277 e. The normalized spacial score (nSPS) is 16.3. The van der Waals surface area contributed by atoms with Crippen LogP contribution in [-0.4, -0.2) is 27.5 Å². The maximum atomic E-state index is 11.6. The van der Waals surface area contributed by atoms with Gasteiger partial charge in [-0.1, -0.05) is 41.6 Å². The summed E-state index contributed by atoms with van der Waals surface area (Å²) >= 11 is 7.66. The fraction of sp³-hybridized carbons (Fsp3) is 0.400. The van der Waals surface area contributed by atoms with Gasteiger partial charge < -0.3 is 9.32 Å². The highest BCUT2D eigenvalue weighted by Crippen LogP contribution is 2.37. The van der Waals surface area contributed by atoms with Crippen LogP contribution in [-0.2, 0) is 11.3 Å². The predicted octanol–water partition coefficient (Wildman–Crippen LogP) is 3.70. The lowest BCUT2D eigenvalue weighted by Crippen LogP contribution is -2.23. The zero-order valence-corrected chi connectivity index (χ0v) is 13.7. The molecule has 0 aliphatic carbocycles. The summed E-state index contributed by atoms with van der Waals surface area (Å²) in [5, 5.41) is 9.39. The Kier molecular flexibility index (Phi) is 4.69. The third-order valence-corrected chi connectivity index (χ3v) is 4.88. The molecule has 1 aromatic carbocycles. The Morgan fingerprint density at radius 1 is 1.41 bits per heavy atom. The smallest absolute Gasteiger partial charge is 0.277 e. The van der Waals surface area contributed by atoms with Crippen LogP contribution in [0.4, 0.5) is 0 Å². The van der Waals surface area contributed by atoms with Gasteiger partial charge in [-0.2, -0.15) is 0 Å². The van der Waals surface area contributed by atoms with E-state index in [0.717, 1.165) is 23.6 Å². The molecule has 0 saturated carbocycles. The summed E-state index contributed by atoms with van der Waals surface area (Å²) in [5.41, 5.74) is 1.03. The molecule has 116 valence electrons. The van der Waals surface area contributed by atoms with Gasteiger partial charge in [0.15, 0.2) is 0 Å². The number of carbonyl (C=O) groups is 1. The Morgan fingerprint density at radius 2 is 2.23 bits per heavy atom. The van der Waals surface area contributed by atoms with E-state index >= 15 is 0 Å². The van der Waals surface area contributed by atoms with E-state index in [1.807, 2.05) is 31.2 Å². The largest absolute Gasteiger partial charge is 0.414 e. The molecule has 1 aliphatic rings. The first-order valence-electron chi connectivity index (χ1n) is 7.14. The molecule has 1 unspecified atom stereocenters. The van der Waals surface area contributed by atoms with Gasteiger partial charge in [0, 0.05) is 23.2 Å². The van der Waals surface area contributed by atoms with Crippen LogP contribution >= 0.6 is 23.4 Å². The van der Waals surface area contributed by atoms with Crippen molar-refractivity contribution < 1.29 is 9.21 Å². The molecule has 2 heterocycles. The van der Waals surface area contributed by atoms with E-state index in [4.69, 9.17) is 16.0 Å². The van der Waals surface area contributed by atoms with Crippen molar-refractivity contribution in [3.63, 3.8) is 0 Å². The van der Waals surface area contributed by atoms with Gasteiger partial charge in [-0.05, 0) is 25.0 Å². The van der Waals surface area contributed by atoms with E-state index in [1.54, 1.807) is 4.90 Å². The van der Waals surface area contributed by atoms with Gasteiger partial charge in [0.2, 0.25) is 11.8 Å². The number of hydrogen-bond acceptors (Lipinski definition) is 5. The zero-order valence-electron chi connectivity index (χ0n) is 12.2. The van der Waals surface area contributed by atoms with Crippen molar-refractivity contribution in [3.05, 3.63) is 40.7 Å². The highest BCUT2D eigenvalue weighted by Gasteiger charge is 2.23. The Labute approximate surface area is 138 Å². The Bertz CT molecular complexity index is 676. The monoisotopic (exact) mass is 337 g/mol. The van der Waals surface area contributed by atoms with Crippen molar-refractivity contribution in [1.82, 2.24) is 15.1 Å². The summed E-state index contributed by atoms with van der Waals surface area (Å²) in [7, 11) is 0. The number of thioether (sulfide) groups is 1. The van der Waals surface area contributed by atoms with Crippen LogP contribution in [0.5, 0.6) is 0 Å². The molecular weight excluding hydrogens is 322 g/mol. The minimum absolute atomic E-state index is 0.107. The lowest BCUT2D eigenvalue weighted by Gasteiger charge is -2.12. The van der Waals surface area contributed by atoms with Gasteiger partial charge in [-0.25, -0.2) is 0 Å². The molecule has 5 nitrogen and oxygen atoms in total. The van der Waals surface area contributed by atoms with E-state index in [0.29, 0.717) is 24.1 Å². The van der Waals surface area contributed by atoms with Crippen molar-refractivity contribution in [2.75, 3.05) is 6.54 Å². The first-order valence-corrected chi connectivity index (χ1v) is 8.40. The average molecular weight is 338 g/mol. The summed E-state index contributed by atoms with van der Waals surface area (Å²) in [6, 6.07) is 7.71. The summed E-state index contributed by atoms with van der Waals surface area (Å²) < 4.78 is 5.63. The van der Waals surface area contributed by atoms with Crippen LogP contribution in [0, 0.1) is 0 Å². The Balaban J connectivity index is 1.64. The number of rotatable bonds is 5. The van der Waals surface area contributed by atoms with Gasteiger partial charge in [0.05, 0.1) is 6.54 Å². The highest BCUT2D eigenvalue weighted by atomic mass is 35.5. The third kappa shape index (κ3) is 3.44. The first-order chi connectivity index (χ1) is 10.6. The molecule has 3 rings (SSSR count). The van der Waals surface area contributed by atoms with Crippen molar-refractivity contribution in [3.8, 4) is 0 Å². The van der Waals surface area contributed by atoms with E-state index in [9.17, 15) is 4.79 Å². The standard InChI is InChI=1S/C15H16ClN3O2S/c1-10(11-5-2-3-6-12(11)16)22-15-18-17-13(21-15)9-19-8-4-7-14(19)20/h2-3,5-6,10H,4,7-9H2,1H3. The number of likely N-dealkylation sites (tertiary alicyclic amines) is 1. The van der Waals surface area contributed by atoms with Crippen molar-refractivity contribution >= 4 is 29.3 Å². The molecule has 1 aromatic heterocycles. The Hall–Kier alpha value is -1.53. The maximum absolute atomic E-state index is 11.6. The predicted molar refractivity (Wildman–Crippen MR) is 84.7 cm³/mol. The van der Waals surface area contributed by atoms with Gasteiger partial charge in [-0.15, -0.1) is 10.2 Å². The zero-order chi connectivity index (χ0) is 15.5. The van der Waals surface area contributed by atoms with Crippen LogP contribution in [0.3, 0.4) is 0 Å². The van der Waals surface area contributed by atoms with Crippen LogP contribution in [0.1, 0.15) is 36.5 Å². The van der Waals surface area contributed by atoms with Gasteiger partial charge in [-0.3, -0.25) is 4.79 Å². The molecule has 1 fully saturated rings.